The minimum Gasteiger partial charge on any atom is -0.497 e. The molecule has 0 spiro atoms. The predicted molar refractivity (Wildman–Crippen MR) is 126 cm³/mol. The molecule has 0 saturated carbocycles. The average Bonchev–Trinajstić information content (AvgIpc) is 2.86. The first-order chi connectivity index (χ1) is 16.8. The molecule has 2 aromatic rings. The van der Waals surface area contributed by atoms with Crippen LogP contribution in [0.5, 0.6) is 17.2 Å². The van der Waals surface area contributed by atoms with E-state index in [9.17, 15) is 18.0 Å². The number of ether oxygens (including phenoxy) is 3. The molecule has 0 radical (unpaired) electrons. The third kappa shape index (κ3) is 9.17. The van der Waals surface area contributed by atoms with Gasteiger partial charge in [0.15, 0.2) is 0 Å². The Morgan fingerprint density at radius 1 is 1.03 bits per heavy atom. The van der Waals surface area contributed by atoms with Crippen LogP contribution in [0.1, 0.15) is 19.8 Å². The molecule has 0 aliphatic carbocycles. The van der Waals surface area contributed by atoms with E-state index in [1.165, 1.54) is 36.9 Å². The second kappa shape index (κ2) is 13.8. The molecule has 12 heteroatoms. The number of hydroxylamine groups is 1. The van der Waals surface area contributed by atoms with E-state index < -0.39 is 28.1 Å². The van der Waals surface area contributed by atoms with Gasteiger partial charge in [0.2, 0.25) is 10.0 Å². The molecule has 0 unspecified atom stereocenters. The van der Waals surface area contributed by atoms with Gasteiger partial charge in [-0.15, -0.1) is 5.92 Å². The summed E-state index contributed by atoms with van der Waals surface area (Å²) in [6.07, 6.45) is -0.513. The number of sulfonamides is 1. The molecule has 2 amide bonds. The fourth-order valence-electron chi connectivity index (χ4n) is 2.77. The largest absolute Gasteiger partial charge is 0.497 e. The molecule has 2 rings (SSSR count). The van der Waals surface area contributed by atoms with Crippen molar-refractivity contribution in [3.8, 4) is 29.1 Å². The van der Waals surface area contributed by atoms with Crippen LogP contribution in [0.25, 0.3) is 0 Å². The predicted octanol–water partition coefficient (Wildman–Crippen LogP) is 1.82. The van der Waals surface area contributed by atoms with Gasteiger partial charge in [-0.25, -0.2) is 18.7 Å². The fourth-order valence-corrected chi connectivity index (χ4v) is 4.00. The Kier molecular flexibility index (Phi) is 10.8. The van der Waals surface area contributed by atoms with Gasteiger partial charge in [0.05, 0.1) is 12.0 Å². The van der Waals surface area contributed by atoms with E-state index in [2.05, 4.69) is 21.9 Å². The van der Waals surface area contributed by atoms with Crippen molar-refractivity contribution in [2.24, 2.45) is 0 Å². The number of nitrogens with one attached hydrogen (secondary N) is 3. The molecule has 11 nitrogen and oxygen atoms in total. The number of hydrogen-bond acceptors (Lipinski definition) is 8. The molecule has 0 aromatic heterocycles. The van der Waals surface area contributed by atoms with Gasteiger partial charge in [-0.1, -0.05) is 5.92 Å². The van der Waals surface area contributed by atoms with E-state index in [0.717, 1.165) is 0 Å². The third-order valence-corrected chi connectivity index (χ3v) is 6.04. The molecule has 0 saturated heterocycles. The average molecular weight is 506 g/mol. The van der Waals surface area contributed by atoms with E-state index >= 15 is 0 Å². The zero-order valence-electron chi connectivity index (χ0n) is 19.2. The highest BCUT2D eigenvalue weighted by atomic mass is 32.2. The van der Waals surface area contributed by atoms with E-state index in [-0.39, 0.29) is 30.9 Å². The van der Waals surface area contributed by atoms with Crippen molar-refractivity contribution in [2.45, 2.75) is 30.7 Å². The monoisotopic (exact) mass is 505 g/mol. The first-order valence-corrected chi connectivity index (χ1v) is 12.0. The zero-order valence-corrected chi connectivity index (χ0v) is 20.1. The summed E-state index contributed by atoms with van der Waals surface area (Å²) >= 11 is 0. The van der Waals surface area contributed by atoms with Crippen LogP contribution in [0.2, 0.25) is 0 Å². The van der Waals surface area contributed by atoms with Crippen molar-refractivity contribution >= 4 is 22.0 Å². The highest BCUT2D eigenvalue weighted by Gasteiger charge is 2.25. The van der Waals surface area contributed by atoms with E-state index in [4.69, 9.17) is 19.4 Å². The van der Waals surface area contributed by atoms with Gasteiger partial charge in [0.1, 0.15) is 29.9 Å². The summed E-state index contributed by atoms with van der Waals surface area (Å²) in [4.78, 5) is 23.8. The van der Waals surface area contributed by atoms with Crippen LogP contribution in [-0.4, -0.2) is 51.9 Å². The van der Waals surface area contributed by atoms with Gasteiger partial charge in [-0.05, 0) is 68.3 Å². The first kappa shape index (κ1) is 27.5. The Labute approximate surface area is 203 Å². The van der Waals surface area contributed by atoms with Crippen LogP contribution < -0.4 is 29.7 Å². The highest BCUT2D eigenvalue weighted by Crippen LogP contribution is 2.18. The van der Waals surface area contributed by atoms with Crippen molar-refractivity contribution in [3.05, 3.63) is 48.5 Å². The molecular weight excluding hydrogens is 478 g/mol. The van der Waals surface area contributed by atoms with Crippen LogP contribution >= 0.6 is 0 Å². The molecule has 0 bridgehead atoms. The maximum absolute atomic E-state index is 12.7. The van der Waals surface area contributed by atoms with Crippen molar-refractivity contribution in [1.82, 2.24) is 15.5 Å². The number of carbonyl (C=O) groups is 2. The maximum Gasteiger partial charge on any atom is 0.412 e. The minimum atomic E-state index is -4.08. The topological polar surface area (TPSA) is 152 Å². The quantitative estimate of drug-likeness (QED) is 0.148. The van der Waals surface area contributed by atoms with Gasteiger partial charge >= 0.3 is 6.09 Å². The lowest BCUT2D eigenvalue weighted by atomic mass is 10.1. The number of rotatable bonds is 12. The molecule has 188 valence electrons. The Morgan fingerprint density at radius 2 is 1.66 bits per heavy atom. The molecule has 0 aliphatic rings. The number of methoxy groups -OCH3 is 1. The molecule has 0 heterocycles. The second-order valence-electron chi connectivity index (χ2n) is 6.97. The van der Waals surface area contributed by atoms with Crippen molar-refractivity contribution in [3.63, 3.8) is 0 Å². The van der Waals surface area contributed by atoms with Crippen LogP contribution in [-0.2, 0) is 14.8 Å². The molecule has 0 aliphatic heterocycles. The van der Waals surface area contributed by atoms with Crippen LogP contribution in [0, 0.1) is 11.8 Å². The van der Waals surface area contributed by atoms with Gasteiger partial charge in [0.25, 0.3) is 5.91 Å². The van der Waals surface area contributed by atoms with Crippen molar-refractivity contribution in [1.29, 1.82) is 0 Å². The van der Waals surface area contributed by atoms with Crippen molar-refractivity contribution < 1.29 is 37.4 Å². The van der Waals surface area contributed by atoms with Crippen LogP contribution in [0.15, 0.2) is 53.4 Å². The normalized spacial score (nSPS) is 11.4. The number of amides is 2. The van der Waals surface area contributed by atoms with E-state index in [0.29, 0.717) is 17.2 Å². The molecular formula is C23H27N3O8S. The summed E-state index contributed by atoms with van der Waals surface area (Å²) in [6, 6.07) is 10.7. The van der Waals surface area contributed by atoms with Gasteiger partial charge in [-0.3, -0.25) is 10.0 Å². The smallest absolute Gasteiger partial charge is 0.412 e. The number of hydrogen-bond donors (Lipinski definition) is 4. The first-order valence-electron chi connectivity index (χ1n) is 10.5. The minimum absolute atomic E-state index is 0.00861. The lowest BCUT2D eigenvalue weighted by Gasteiger charge is -2.17. The summed E-state index contributed by atoms with van der Waals surface area (Å²) < 4.78 is 43.1. The van der Waals surface area contributed by atoms with E-state index in [1.807, 2.05) is 0 Å². The fraction of sp³-hybridized carbons (Fsp3) is 0.304. The Hall–Kier alpha value is -3.79. The van der Waals surface area contributed by atoms with Gasteiger partial charge in [0, 0.05) is 6.54 Å². The zero-order chi connectivity index (χ0) is 25.7. The summed E-state index contributed by atoms with van der Waals surface area (Å²) in [5.41, 5.74) is 1.45. The lowest BCUT2D eigenvalue weighted by molar-refractivity contribution is -0.131. The Morgan fingerprint density at radius 3 is 2.26 bits per heavy atom. The summed E-state index contributed by atoms with van der Waals surface area (Å²) in [7, 11) is -2.57. The maximum atomic E-state index is 12.7. The SMILES string of the molecule is CC#CCOc1ccc(S(=O)(=O)N[C@H](CCCNC(=O)Oc2ccc(OC)cc2)C(=O)NO)cc1. The molecule has 0 fully saturated rings. The Balaban J connectivity index is 1.88. The van der Waals surface area contributed by atoms with Crippen molar-refractivity contribution in [2.75, 3.05) is 20.3 Å². The lowest BCUT2D eigenvalue weighted by Crippen LogP contribution is -2.46. The van der Waals surface area contributed by atoms with Gasteiger partial charge in [-0.2, -0.15) is 4.72 Å². The second-order valence-corrected chi connectivity index (χ2v) is 8.68. The summed E-state index contributed by atoms with van der Waals surface area (Å²) in [6.45, 7) is 1.94. The highest BCUT2D eigenvalue weighted by molar-refractivity contribution is 7.89. The standard InChI is InChI=1S/C23H27N3O8S/c1-3-4-16-33-18-11-13-20(14-12-18)35(30,31)26-21(22(27)25-29)6-5-15-24-23(28)34-19-9-7-17(32-2)8-10-19/h7-14,21,26,29H,5-6,15-16H2,1-2H3,(H,24,28)(H,25,27)/t21-/m1/s1. The number of carbonyl (C=O) groups excluding carboxylic acids is 2. The molecule has 1 atom stereocenters. The summed E-state index contributed by atoms with van der Waals surface area (Å²) in [5, 5.41) is 11.5. The van der Waals surface area contributed by atoms with E-state index in [1.54, 1.807) is 31.2 Å². The number of benzene rings is 2. The molecule has 4 N–H and O–H groups in total. The summed E-state index contributed by atoms with van der Waals surface area (Å²) in [5.74, 6) is 5.82. The Bertz CT molecular complexity index is 1140. The van der Waals surface area contributed by atoms with Crippen LogP contribution in [0.4, 0.5) is 4.79 Å². The molecule has 35 heavy (non-hydrogen) atoms. The molecule has 2 aromatic carbocycles. The third-order valence-electron chi connectivity index (χ3n) is 4.55. The van der Waals surface area contributed by atoms with Gasteiger partial charge < -0.3 is 19.5 Å². The van der Waals surface area contributed by atoms with Crippen LogP contribution in [0.3, 0.4) is 0 Å².